The van der Waals surface area contributed by atoms with E-state index < -0.39 is 0 Å². The molecule has 0 spiro atoms. The van der Waals surface area contributed by atoms with Crippen molar-refractivity contribution in [2.75, 3.05) is 33.7 Å². The lowest BCUT2D eigenvalue weighted by atomic mass is 10.1. The fourth-order valence-electron chi connectivity index (χ4n) is 1.69. The lowest BCUT2D eigenvalue weighted by Crippen LogP contribution is -2.30. The van der Waals surface area contributed by atoms with Crippen molar-refractivity contribution in [1.29, 1.82) is 0 Å². The Morgan fingerprint density at radius 2 is 2.33 bits per heavy atom. The summed E-state index contributed by atoms with van der Waals surface area (Å²) in [5, 5.41) is 0. The van der Waals surface area contributed by atoms with Gasteiger partial charge >= 0.3 is 0 Å². The molecular formula is C9H18N2O. The summed E-state index contributed by atoms with van der Waals surface area (Å²) in [7, 11) is 4.01. The minimum Gasteiger partial charge on any atom is -0.346 e. The smallest absolute Gasteiger partial charge is 0.219 e. The summed E-state index contributed by atoms with van der Waals surface area (Å²) in [5.74, 6) is 0.855. The molecule has 0 aromatic heterocycles. The third-order valence-corrected chi connectivity index (χ3v) is 2.56. The first-order chi connectivity index (χ1) is 5.59. The van der Waals surface area contributed by atoms with E-state index in [1.165, 1.54) is 13.0 Å². The molecule has 0 saturated carbocycles. The van der Waals surface area contributed by atoms with Gasteiger partial charge in [-0.2, -0.15) is 0 Å². The fraction of sp³-hybridized carbons (Fsp3) is 0.889. The number of hydrogen-bond donors (Lipinski definition) is 0. The van der Waals surface area contributed by atoms with Crippen molar-refractivity contribution in [2.45, 2.75) is 13.3 Å². The highest BCUT2D eigenvalue weighted by molar-refractivity contribution is 5.72. The molecule has 0 unspecified atom stereocenters. The van der Waals surface area contributed by atoms with Crippen molar-refractivity contribution in [2.24, 2.45) is 5.92 Å². The molecule has 1 atom stereocenters. The summed E-state index contributed by atoms with van der Waals surface area (Å²) in [6.45, 7) is 4.85. The number of carbonyl (C=O) groups excluding carboxylic acids is 1. The largest absolute Gasteiger partial charge is 0.346 e. The van der Waals surface area contributed by atoms with Gasteiger partial charge in [0.15, 0.2) is 0 Å². The number of carbonyl (C=O) groups is 1. The molecule has 1 amide bonds. The molecule has 1 heterocycles. The first-order valence-electron chi connectivity index (χ1n) is 4.50. The number of likely N-dealkylation sites (tertiary alicyclic amines) is 1. The molecule has 1 fully saturated rings. The molecule has 0 N–H and O–H groups in total. The topological polar surface area (TPSA) is 23.6 Å². The zero-order chi connectivity index (χ0) is 9.14. The standard InChI is InChI=1S/C9H18N2O/c1-8(12)11(3)7-9-4-5-10(2)6-9/h9H,4-7H2,1-3H3/t9-/m1/s1. The minimum atomic E-state index is 0.171. The van der Waals surface area contributed by atoms with Gasteiger partial charge in [-0.05, 0) is 25.9 Å². The van der Waals surface area contributed by atoms with Crippen LogP contribution in [0, 0.1) is 5.92 Å². The van der Waals surface area contributed by atoms with Crippen molar-refractivity contribution >= 4 is 5.91 Å². The van der Waals surface area contributed by atoms with Crippen LogP contribution in [0.2, 0.25) is 0 Å². The highest BCUT2D eigenvalue weighted by Gasteiger charge is 2.21. The number of hydrogen-bond acceptors (Lipinski definition) is 2. The van der Waals surface area contributed by atoms with Crippen LogP contribution >= 0.6 is 0 Å². The number of amides is 1. The maximum atomic E-state index is 10.9. The SMILES string of the molecule is CC(=O)N(C)C[C@@H]1CCN(C)C1. The van der Waals surface area contributed by atoms with E-state index in [4.69, 9.17) is 0 Å². The van der Waals surface area contributed by atoms with Crippen LogP contribution in [-0.2, 0) is 4.79 Å². The van der Waals surface area contributed by atoms with Crippen molar-refractivity contribution in [1.82, 2.24) is 9.80 Å². The third kappa shape index (κ3) is 2.48. The van der Waals surface area contributed by atoms with Crippen LogP contribution in [0.25, 0.3) is 0 Å². The Labute approximate surface area is 74.3 Å². The van der Waals surface area contributed by atoms with Crippen LogP contribution in [0.5, 0.6) is 0 Å². The van der Waals surface area contributed by atoms with Gasteiger partial charge in [0.05, 0.1) is 0 Å². The van der Waals surface area contributed by atoms with E-state index in [1.54, 1.807) is 6.92 Å². The highest BCUT2D eigenvalue weighted by Crippen LogP contribution is 2.14. The van der Waals surface area contributed by atoms with Crippen LogP contribution in [0.15, 0.2) is 0 Å². The predicted molar refractivity (Wildman–Crippen MR) is 48.9 cm³/mol. The Hall–Kier alpha value is -0.570. The van der Waals surface area contributed by atoms with Crippen molar-refractivity contribution in [3.05, 3.63) is 0 Å². The molecule has 1 aliphatic heterocycles. The zero-order valence-corrected chi connectivity index (χ0v) is 8.21. The molecule has 0 aromatic rings. The fourth-order valence-corrected chi connectivity index (χ4v) is 1.69. The Bertz CT molecular complexity index is 170. The van der Waals surface area contributed by atoms with Gasteiger partial charge in [0.25, 0.3) is 0 Å². The average molecular weight is 170 g/mol. The van der Waals surface area contributed by atoms with Crippen LogP contribution < -0.4 is 0 Å². The van der Waals surface area contributed by atoms with Gasteiger partial charge in [-0.3, -0.25) is 4.79 Å². The Kier molecular flexibility index (Phi) is 3.09. The van der Waals surface area contributed by atoms with E-state index in [9.17, 15) is 4.79 Å². The lowest BCUT2D eigenvalue weighted by molar-refractivity contribution is -0.128. The molecule has 1 rings (SSSR count). The molecule has 70 valence electrons. The molecule has 0 aromatic carbocycles. The maximum absolute atomic E-state index is 10.9. The minimum absolute atomic E-state index is 0.171. The molecule has 12 heavy (non-hydrogen) atoms. The van der Waals surface area contributed by atoms with Gasteiger partial charge in [-0.1, -0.05) is 0 Å². The van der Waals surface area contributed by atoms with Crippen LogP contribution in [0.3, 0.4) is 0 Å². The molecule has 3 heteroatoms. The molecule has 0 aliphatic carbocycles. The Morgan fingerprint density at radius 3 is 2.75 bits per heavy atom. The van der Waals surface area contributed by atoms with Gasteiger partial charge < -0.3 is 9.80 Å². The van der Waals surface area contributed by atoms with E-state index in [1.807, 2.05) is 11.9 Å². The van der Waals surface area contributed by atoms with Crippen LogP contribution in [0.1, 0.15) is 13.3 Å². The van der Waals surface area contributed by atoms with E-state index in [0.717, 1.165) is 13.1 Å². The number of rotatable bonds is 2. The first kappa shape index (κ1) is 9.52. The van der Waals surface area contributed by atoms with Gasteiger partial charge in [0.1, 0.15) is 0 Å². The monoisotopic (exact) mass is 170 g/mol. The molecular weight excluding hydrogens is 152 g/mol. The molecule has 1 saturated heterocycles. The summed E-state index contributed by atoms with van der Waals surface area (Å²) >= 11 is 0. The molecule has 0 radical (unpaired) electrons. The quantitative estimate of drug-likeness (QED) is 0.599. The second-order valence-corrected chi connectivity index (χ2v) is 3.82. The molecule has 3 nitrogen and oxygen atoms in total. The van der Waals surface area contributed by atoms with Gasteiger partial charge in [0.2, 0.25) is 5.91 Å². The zero-order valence-electron chi connectivity index (χ0n) is 8.21. The van der Waals surface area contributed by atoms with E-state index >= 15 is 0 Å². The third-order valence-electron chi connectivity index (χ3n) is 2.56. The average Bonchev–Trinajstić information content (AvgIpc) is 2.35. The normalized spacial score (nSPS) is 24.4. The summed E-state index contributed by atoms with van der Waals surface area (Å²) in [6.07, 6.45) is 1.23. The summed E-state index contributed by atoms with van der Waals surface area (Å²) in [4.78, 5) is 15.1. The van der Waals surface area contributed by atoms with Crippen molar-refractivity contribution < 1.29 is 4.79 Å². The van der Waals surface area contributed by atoms with Gasteiger partial charge in [-0.15, -0.1) is 0 Å². The first-order valence-corrected chi connectivity index (χ1v) is 4.50. The number of nitrogens with zero attached hydrogens (tertiary/aromatic N) is 2. The second-order valence-electron chi connectivity index (χ2n) is 3.82. The second kappa shape index (κ2) is 3.90. The van der Waals surface area contributed by atoms with Crippen molar-refractivity contribution in [3.63, 3.8) is 0 Å². The summed E-state index contributed by atoms with van der Waals surface area (Å²) in [6, 6.07) is 0. The van der Waals surface area contributed by atoms with E-state index in [2.05, 4.69) is 11.9 Å². The van der Waals surface area contributed by atoms with Gasteiger partial charge in [0, 0.05) is 27.1 Å². The Balaban J connectivity index is 2.27. The molecule has 1 aliphatic rings. The van der Waals surface area contributed by atoms with E-state index in [-0.39, 0.29) is 5.91 Å². The molecule has 0 bridgehead atoms. The summed E-state index contributed by atoms with van der Waals surface area (Å²) in [5.41, 5.74) is 0. The summed E-state index contributed by atoms with van der Waals surface area (Å²) < 4.78 is 0. The highest BCUT2D eigenvalue weighted by atomic mass is 16.2. The van der Waals surface area contributed by atoms with Gasteiger partial charge in [-0.25, -0.2) is 0 Å². The van der Waals surface area contributed by atoms with Crippen LogP contribution in [-0.4, -0.2) is 49.4 Å². The van der Waals surface area contributed by atoms with Crippen molar-refractivity contribution in [3.8, 4) is 0 Å². The lowest BCUT2D eigenvalue weighted by Gasteiger charge is -2.19. The predicted octanol–water partition coefficient (Wildman–Crippen LogP) is 0.416. The Morgan fingerprint density at radius 1 is 1.67 bits per heavy atom. The maximum Gasteiger partial charge on any atom is 0.219 e. The van der Waals surface area contributed by atoms with E-state index in [0.29, 0.717) is 5.92 Å². The van der Waals surface area contributed by atoms with Crippen LogP contribution in [0.4, 0.5) is 0 Å².